The van der Waals surface area contributed by atoms with Crippen molar-refractivity contribution >= 4 is 11.6 Å². The number of nitrogens with one attached hydrogen (secondary N) is 1. The molecule has 20 heavy (non-hydrogen) atoms. The van der Waals surface area contributed by atoms with E-state index in [-0.39, 0.29) is 12.1 Å². The first-order chi connectivity index (χ1) is 9.70. The normalized spacial score (nSPS) is 17.1. The first-order valence-electron chi connectivity index (χ1n) is 6.33. The molecule has 0 aromatic heterocycles. The number of anilines is 1. The van der Waals surface area contributed by atoms with Crippen molar-refractivity contribution in [3.05, 3.63) is 65.2 Å². The van der Waals surface area contributed by atoms with E-state index in [1.165, 1.54) is 0 Å². The van der Waals surface area contributed by atoms with E-state index in [2.05, 4.69) is 11.4 Å². The summed E-state index contributed by atoms with van der Waals surface area (Å²) in [6.45, 7) is 0. The van der Waals surface area contributed by atoms with Crippen LogP contribution < -0.4 is 5.32 Å². The first-order valence-corrected chi connectivity index (χ1v) is 6.33. The lowest BCUT2D eigenvalue weighted by Crippen LogP contribution is -2.40. The molecule has 1 aliphatic rings. The fraction of sp³-hybridized carbons (Fsp3) is 0.125. The Morgan fingerprint density at radius 3 is 2.80 bits per heavy atom. The van der Waals surface area contributed by atoms with Crippen molar-refractivity contribution in [3.63, 3.8) is 0 Å². The predicted octanol–water partition coefficient (Wildman–Crippen LogP) is 2.75. The third-order valence-electron chi connectivity index (χ3n) is 3.49. The molecule has 1 N–H and O–H groups in total. The van der Waals surface area contributed by atoms with Crippen molar-refractivity contribution in [2.75, 3.05) is 12.4 Å². The Bertz CT molecular complexity index is 718. The molecule has 98 valence electrons. The lowest BCUT2D eigenvalue weighted by molar-refractivity contribution is 0.0735. The third-order valence-corrected chi connectivity index (χ3v) is 3.49. The summed E-state index contributed by atoms with van der Waals surface area (Å²) in [5.74, 6) is -0.0216. The second kappa shape index (κ2) is 4.71. The van der Waals surface area contributed by atoms with E-state index < -0.39 is 0 Å². The maximum Gasteiger partial charge on any atom is 0.257 e. The molecule has 2 aromatic carbocycles. The van der Waals surface area contributed by atoms with Gasteiger partial charge in [0.2, 0.25) is 0 Å². The zero-order valence-corrected chi connectivity index (χ0v) is 11.0. The average molecular weight is 263 g/mol. The van der Waals surface area contributed by atoms with Gasteiger partial charge in [-0.05, 0) is 29.8 Å². The molecule has 0 aliphatic carbocycles. The SMILES string of the molecule is CN1C(=O)c2ccccc2N[C@@H]1c1cccc(C#N)c1. The van der Waals surface area contributed by atoms with Gasteiger partial charge in [-0.15, -0.1) is 0 Å². The zero-order valence-electron chi connectivity index (χ0n) is 11.0. The van der Waals surface area contributed by atoms with Crippen LogP contribution in [0.4, 0.5) is 5.69 Å². The second-order valence-corrected chi connectivity index (χ2v) is 4.75. The van der Waals surface area contributed by atoms with E-state index in [9.17, 15) is 4.79 Å². The fourth-order valence-electron chi connectivity index (χ4n) is 2.43. The Morgan fingerprint density at radius 2 is 2.00 bits per heavy atom. The maximum absolute atomic E-state index is 12.4. The zero-order chi connectivity index (χ0) is 14.1. The van der Waals surface area contributed by atoms with Crippen molar-refractivity contribution in [2.45, 2.75) is 6.17 Å². The number of benzene rings is 2. The molecule has 4 nitrogen and oxygen atoms in total. The summed E-state index contributed by atoms with van der Waals surface area (Å²) in [6.07, 6.45) is -0.259. The number of nitrogens with zero attached hydrogens (tertiary/aromatic N) is 2. The monoisotopic (exact) mass is 263 g/mol. The molecule has 0 saturated heterocycles. The van der Waals surface area contributed by atoms with E-state index >= 15 is 0 Å². The van der Waals surface area contributed by atoms with Crippen molar-refractivity contribution in [3.8, 4) is 6.07 Å². The van der Waals surface area contributed by atoms with Gasteiger partial charge in [0.15, 0.2) is 0 Å². The van der Waals surface area contributed by atoms with Crippen LogP contribution in [0.25, 0.3) is 0 Å². The molecular weight excluding hydrogens is 250 g/mol. The smallest absolute Gasteiger partial charge is 0.257 e. The molecule has 0 saturated carbocycles. The minimum Gasteiger partial charge on any atom is -0.361 e. The van der Waals surface area contributed by atoms with E-state index in [1.54, 1.807) is 24.1 Å². The van der Waals surface area contributed by atoms with Crippen LogP contribution >= 0.6 is 0 Å². The molecule has 2 aromatic rings. The molecule has 0 bridgehead atoms. The van der Waals surface area contributed by atoms with Crippen LogP contribution in [0.1, 0.15) is 27.7 Å². The Hall–Kier alpha value is -2.80. The molecule has 0 radical (unpaired) electrons. The first kappa shape index (κ1) is 12.2. The standard InChI is InChI=1S/C16H13N3O/c1-19-15(12-6-4-5-11(9-12)10-17)18-14-8-3-2-7-13(14)16(19)20/h2-9,15,18H,1H3/t15-/m0/s1. The number of para-hydroxylation sites is 1. The van der Waals surface area contributed by atoms with Crippen molar-refractivity contribution in [2.24, 2.45) is 0 Å². The number of hydrogen-bond donors (Lipinski definition) is 1. The molecule has 0 fully saturated rings. The highest BCUT2D eigenvalue weighted by Crippen LogP contribution is 2.31. The Morgan fingerprint density at radius 1 is 1.20 bits per heavy atom. The van der Waals surface area contributed by atoms with Crippen LogP contribution in [0.15, 0.2) is 48.5 Å². The van der Waals surface area contributed by atoms with Gasteiger partial charge in [-0.1, -0.05) is 24.3 Å². The Kier molecular flexibility index (Phi) is 2.88. The summed E-state index contributed by atoms with van der Waals surface area (Å²) in [5.41, 5.74) is 2.98. The lowest BCUT2D eigenvalue weighted by atomic mass is 10.0. The Labute approximate surface area is 117 Å². The molecule has 1 aliphatic heterocycles. The molecule has 1 amide bonds. The molecule has 0 spiro atoms. The number of amides is 1. The molecule has 3 rings (SSSR count). The topological polar surface area (TPSA) is 56.1 Å². The van der Waals surface area contributed by atoms with Crippen molar-refractivity contribution in [1.29, 1.82) is 5.26 Å². The molecule has 4 heteroatoms. The largest absolute Gasteiger partial charge is 0.361 e. The summed E-state index contributed by atoms with van der Waals surface area (Å²) in [5, 5.41) is 12.3. The van der Waals surface area contributed by atoms with Gasteiger partial charge in [-0.25, -0.2) is 0 Å². The highest BCUT2D eigenvalue weighted by atomic mass is 16.2. The maximum atomic E-state index is 12.4. The number of fused-ring (bicyclic) bond motifs is 1. The predicted molar refractivity (Wildman–Crippen MR) is 76.1 cm³/mol. The number of hydrogen-bond acceptors (Lipinski definition) is 3. The summed E-state index contributed by atoms with van der Waals surface area (Å²) in [7, 11) is 1.76. The second-order valence-electron chi connectivity index (χ2n) is 4.75. The van der Waals surface area contributed by atoms with Gasteiger partial charge >= 0.3 is 0 Å². The fourth-order valence-corrected chi connectivity index (χ4v) is 2.43. The highest BCUT2D eigenvalue weighted by Gasteiger charge is 2.29. The summed E-state index contributed by atoms with van der Waals surface area (Å²) in [6, 6.07) is 16.9. The number of carbonyl (C=O) groups is 1. The number of carbonyl (C=O) groups excluding carboxylic acids is 1. The van der Waals surface area contributed by atoms with E-state index in [0.717, 1.165) is 11.3 Å². The average Bonchev–Trinajstić information content (AvgIpc) is 2.51. The van der Waals surface area contributed by atoms with E-state index in [4.69, 9.17) is 5.26 Å². The highest BCUT2D eigenvalue weighted by molar-refractivity contribution is 6.01. The van der Waals surface area contributed by atoms with Gasteiger partial charge < -0.3 is 10.2 Å². The van der Waals surface area contributed by atoms with Crippen molar-refractivity contribution < 1.29 is 4.79 Å². The van der Waals surface area contributed by atoms with Crippen LogP contribution in [0.2, 0.25) is 0 Å². The van der Waals surface area contributed by atoms with Crippen LogP contribution in [0.3, 0.4) is 0 Å². The van der Waals surface area contributed by atoms with E-state index in [1.807, 2.05) is 36.4 Å². The molecular formula is C16H13N3O. The van der Waals surface area contributed by atoms with Crippen LogP contribution in [-0.2, 0) is 0 Å². The van der Waals surface area contributed by atoms with Crippen LogP contribution in [0.5, 0.6) is 0 Å². The quantitative estimate of drug-likeness (QED) is 0.860. The lowest BCUT2D eigenvalue weighted by Gasteiger charge is -2.35. The molecule has 1 heterocycles. The van der Waals surface area contributed by atoms with Crippen molar-refractivity contribution in [1.82, 2.24) is 4.90 Å². The summed E-state index contributed by atoms with van der Waals surface area (Å²) < 4.78 is 0. The van der Waals surface area contributed by atoms with Crippen LogP contribution in [0, 0.1) is 11.3 Å². The number of rotatable bonds is 1. The minimum absolute atomic E-state index is 0.0216. The minimum atomic E-state index is -0.259. The van der Waals surface area contributed by atoms with Gasteiger partial charge in [-0.3, -0.25) is 4.79 Å². The van der Waals surface area contributed by atoms with Gasteiger partial charge in [-0.2, -0.15) is 5.26 Å². The number of nitriles is 1. The van der Waals surface area contributed by atoms with E-state index in [0.29, 0.717) is 11.1 Å². The van der Waals surface area contributed by atoms with Gasteiger partial charge in [0.1, 0.15) is 6.17 Å². The molecule has 0 unspecified atom stereocenters. The molecule has 1 atom stereocenters. The van der Waals surface area contributed by atoms with Gasteiger partial charge in [0.25, 0.3) is 5.91 Å². The third kappa shape index (κ3) is 1.90. The van der Waals surface area contributed by atoms with Gasteiger partial charge in [0.05, 0.1) is 17.2 Å². The van der Waals surface area contributed by atoms with Gasteiger partial charge in [0, 0.05) is 12.7 Å². The summed E-state index contributed by atoms with van der Waals surface area (Å²) >= 11 is 0. The Balaban J connectivity index is 2.04. The van der Waals surface area contributed by atoms with Crippen LogP contribution in [-0.4, -0.2) is 17.9 Å². The summed E-state index contributed by atoms with van der Waals surface area (Å²) in [4.78, 5) is 14.0.